The molecule has 0 bridgehead atoms. The Balaban J connectivity index is 0.00000225. The van der Waals surface area contributed by atoms with Gasteiger partial charge in [0.05, 0.1) is 17.2 Å². The summed E-state index contributed by atoms with van der Waals surface area (Å²) in [7, 11) is 1.73. The number of fused-ring (bicyclic) bond motifs is 1. The molecule has 0 radical (unpaired) electrons. The molecule has 0 unspecified atom stereocenters. The van der Waals surface area contributed by atoms with E-state index in [1.807, 2.05) is 37.3 Å². The van der Waals surface area contributed by atoms with E-state index < -0.39 is 17.4 Å². The Kier molecular flexibility index (Phi) is 5.77. The fraction of sp³-hybridized carbons (Fsp3) is 0.222. The third-order valence-corrected chi connectivity index (χ3v) is 4.05. The van der Waals surface area contributed by atoms with Gasteiger partial charge in [0.25, 0.3) is 5.56 Å². The quantitative estimate of drug-likeness (QED) is 0.773. The van der Waals surface area contributed by atoms with Gasteiger partial charge < -0.3 is 5.73 Å². The van der Waals surface area contributed by atoms with Crippen molar-refractivity contribution in [1.29, 1.82) is 0 Å². The molecule has 1 aromatic heterocycles. The predicted molar refractivity (Wildman–Crippen MR) is 101 cm³/mol. The van der Waals surface area contributed by atoms with Crippen LogP contribution >= 0.6 is 12.4 Å². The minimum atomic E-state index is -0.586. The topological polar surface area (TPSA) is 64.1 Å². The Bertz CT molecular complexity index is 930. The maximum absolute atomic E-state index is 14.2. The Labute approximate surface area is 151 Å². The number of aromatic nitrogens is 2. The van der Waals surface area contributed by atoms with Crippen LogP contribution in [0, 0.1) is 5.82 Å². The Hall–Kier alpha value is -2.44. The van der Waals surface area contributed by atoms with Crippen LogP contribution in [0.2, 0.25) is 0 Å². The van der Waals surface area contributed by atoms with Crippen LogP contribution in [0.4, 0.5) is 10.1 Å². The van der Waals surface area contributed by atoms with Crippen molar-refractivity contribution in [1.82, 2.24) is 9.66 Å². The molecule has 5 nitrogen and oxygen atoms in total. The van der Waals surface area contributed by atoms with Gasteiger partial charge in [-0.25, -0.2) is 14.1 Å². The average molecular weight is 363 g/mol. The van der Waals surface area contributed by atoms with E-state index in [9.17, 15) is 9.18 Å². The number of hydrogen-bond acceptors (Lipinski definition) is 4. The summed E-state index contributed by atoms with van der Waals surface area (Å²) in [5, 5.41) is 1.61. The first-order chi connectivity index (χ1) is 11.5. The van der Waals surface area contributed by atoms with Crippen molar-refractivity contribution in [2.24, 2.45) is 5.73 Å². The summed E-state index contributed by atoms with van der Waals surface area (Å²) in [5.41, 5.74) is 6.79. The first kappa shape index (κ1) is 18.9. The van der Waals surface area contributed by atoms with Crippen LogP contribution in [-0.2, 0) is 0 Å². The molecule has 0 aliphatic carbocycles. The molecule has 3 rings (SSSR count). The summed E-state index contributed by atoms with van der Waals surface area (Å²) < 4.78 is 15.6. The van der Waals surface area contributed by atoms with Gasteiger partial charge in [-0.3, -0.25) is 9.80 Å². The molecule has 3 aromatic rings. The van der Waals surface area contributed by atoms with Crippen molar-refractivity contribution < 1.29 is 4.39 Å². The standard InChI is InChI=1S/C18H19FN4O.ClH/c1-3-14(20)17-21-15-11-7-10-13(19)16(15)18(24)23(17)22(2)12-8-5-4-6-9-12;/h4-11,14H,3,20H2,1-2H3;1H/t14-;/m0./s1. The van der Waals surface area contributed by atoms with E-state index in [2.05, 4.69) is 4.98 Å². The Morgan fingerprint density at radius 1 is 1.20 bits per heavy atom. The number of anilines is 1. The monoisotopic (exact) mass is 362 g/mol. The van der Waals surface area contributed by atoms with Crippen LogP contribution in [0.5, 0.6) is 0 Å². The molecule has 1 atom stereocenters. The zero-order valence-corrected chi connectivity index (χ0v) is 14.8. The summed E-state index contributed by atoms with van der Waals surface area (Å²) in [6.07, 6.45) is 0.607. The third kappa shape index (κ3) is 3.36. The highest BCUT2D eigenvalue weighted by Crippen LogP contribution is 2.20. The number of hydrogen-bond donors (Lipinski definition) is 1. The van der Waals surface area contributed by atoms with Crippen LogP contribution in [0.1, 0.15) is 25.2 Å². The lowest BCUT2D eigenvalue weighted by Gasteiger charge is -2.26. The average Bonchev–Trinajstić information content (AvgIpc) is 2.61. The number of nitrogens with two attached hydrogens (primary N) is 1. The van der Waals surface area contributed by atoms with Gasteiger partial charge in [0.15, 0.2) is 0 Å². The lowest BCUT2D eigenvalue weighted by Crippen LogP contribution is -2.41. The van der Waals surface area contributed by atoms with Gasteiger partial charge in [-0.1, -0.05) is 31.2 Å². The second kappa shape index (κ2) is 7.63. The molecular weight excluding hydrogens is 343 g/mol. The van der Waals surface area contributed by atoms with E-state index >= 15 is 0 Å². The minimum Gasteiger partial charge on any atom is -0.321 e. The summed E-state index contributed by atoms with van der Waals surface area (Å²) in [4.78, 5) is 17.5. The summed E-state index contributed by atoms with van der Waals surface area (Å²) in [6.45, 7) is 1.92. The van der Waals surface area contributed by atoms with Crippen LogP contribution in [0.25, 0.3) is 10.9 Å². The molecule has 7 heteroatoms. The largest absolute Gasteiger partial charge is 0.321 e. The van der Waals surface area contributed by atoms with Crippen LogP contribution < -0.4 is 16.3 Å². The Morgan fingerprint density at radius 3 is 2.52 bits per heavy atom. The first-order valence-corrected chi connectivity index (χ1v) is 7.80. The lowest BCUT2D eigenvalue weighted by atomic mass is 10.2. The predicted octanol–water partition coefficient (Wildman–Crippen LogP) is 3.27. The first-order valence-electron chi connectivity index (χ1n) is 7.80. The molecule has 0 saturated carbocycles. The number of rotatable bonds is 4. The molecule has 0 spiro atoms. The van der Waals surface area contributed by atoms with Crippen LogP contribution in [0.3, 0.4) is 0 Å². The smallest absolute Gasteiger partial charge is 0.283 e. The second-order valence-electron chi connectivity index (χ2n) is 5.59. The highest BCUT2D eigenvalue weighted by Gasteiger charge is 2.20. The van der Waals surface area contributed by atoms with Gasteiger partial charge in [0, 0.05) is 7.05 Å². The zero-order valence-electron chi connectivity index (χ0n) is 14.0. The molecule has 1 heterocycles. The Morgan fingerprint density at radius 2 is 1.88 bits per heavy atom. The summed E-state index contributed by atoms with van der Waals surface area (Å²) in [5.74, 6) is -0.177. The molecule has 25 heavy (non-hydrogen) atoms. The second-order valence-corrected chi connectivity index (χ2v) is 5.59. The van der Waals surface area contributed by atoms with Crippen molar-refractivity contribution in [2.75, 3.05) is 12.1 Å². The molecule has 0 fully saturated rings. The zero-order chi connectivity index (χ0) is 17.3. The number of benzene rings is 2. The van der Waals surface area contributed by atoms with Crippen LogP contribution in [0.15, 0.2) is 53.3 Å². The fourth-order valence-electron chi connectivity index (χ4n) is 2.67. The molecule has 2 aromatic carbocycles. The maximum atomic E-state index is 14.2. The van der Waals surface area contributed by atoms with E-state index in [4.69, 9.17) is 5.73 Å². The highest BCUT2D eigenvalue weighted by atomic mass is 35.5. The van der Waals surface area contributed by atoms with Crippen molar-refractivity contribution in [2.45, 2.75) is 19.4 Å². The lowest BCUT2D eigenvalue weighted by molar-refractivity contribution is 0.567. The van der Waals surface area contributed by atoms with E-state index in [-0.39, 0.29) is 17.8 Å². The SMILES string of the molecule is CC[C@H](N)c1nc2cccc(F)c2c(=O)n1N(C)c1ccccc1.Cl. The van der Waals surface area contributed by atoms with E-state index in [1.54, 1.807) is 18.1 Å². The molecule has 0 aliphatic heterocycles. The van der Waals surface area contributed by atoms with Crippen molar-refractivity contribution in [3.05, 3.63) is 70.5 Å². The van der Waals surface area contributed by atoms with Gasteiger partial charge in [-0.2, -0.15) is 0 Å². The molecule has 2 N–H and O–H groups in total. The fourth-order valence-corrected chi connectivity index (χ4v) is 2.67. The number of nitrogens with zero attached hydrogens (tertiary/aromatic N) is 3. The highest BCUT2D eigenvalue weighted by molar-refractivity contribution is 5.85. The molecule has 0 aliphatic rings. The van der Waals surface area contributed by atoms with Gasteiger partial charge >= 0.3 is 0 Å². The van der Waals surface area contributed by atoms with Crippen molar-refractivity contribution in [3.63, 3.8) is 0 Å². The number of para-hydroxylation sites is 1. The van der Waals surface area contributed by atoms with E-state index in [0.717, 1.165) is 5.69 Å². The normalized spacial score (nSPS) is 11.8. The van der Waals surface area contributed by atoms with Crippen molar-refractivity contribution in [3.8, 4) is 0 Å². The maximum Gasteiger partial charge on any atom is 0.283 e. The van der Waals surface area contributed by atoms with Gasteiger partial charge in [0.2, 0.25) is 0 Å². The summed E-state index contributed by atoms with van der Waals surface area (Å²) in [6, 6.07) is 13.3. The van der Waals surface area contributed by atoms with Crippen LogP contribution in [-0.4, -0.2) is 16.7 Å². The van der Waals surface area contributed by atoms with E-state index in [1.165, 1.54) is 16.8 Å². The minimum absolute atomic E-state index is 0. The number of halogens is 2. The third-order valence-electron chi connectivity index (χ3n) is 4.05. The molecular formula is C18H20ClFN4O. The van der Waals surface area contributed by atoms with E-state index in [0.29, 0.717) is 17.8 Å². The molecule has 132 valence electrons. The molecule has 0 amide bonds. The van der Waals surface area contributed by atoms with Gasteiger partial charge in [-0.15, -0.1) is 12.4 Å². The summed E-state index contributed by atoms with van der Waals surface area (Å²) >= 11 is 0. The van der Waals surface area contributed by atoms with Crippen molar-refractivity contribution >= 4 is 29.0 Å². The molecule has 0 saturated heterocycles. The van der Waals surface area contributed by atoms with Gasteiger partial charge in [-0.05, 0) is 30.7 Å². The van der Waals surface area contributed by atoms with Gasteiger partial charge in [0.1, 0.15) is 17.0 Å².